The van der Waals surface area contributed by atoms with Crippen LogP contribution in [-0.2, 0) is 0 Å². The fourth-order valence-corrected chi connectivity index (χ4v) is 8.58. The zero-order chi connectivity index (χ0) is 29.7. The molecular formula is C42H23N3O. The number of hydrogen-bond acceptors (Lipinski definition) is 1. The van der Waals surface area contributed by atoms with Crippen LogP contribution in [0.15, 0.2) is 144 Å². The standard InChI is InChI=1S/C42H23N3O/c1-2-11-24(12-3-1)43-32-17-7-4-13-25(32)31-23-35-41-37(39(31)43)30-15-5-8-18-33(30)44(41)34-19-10-16-27-28-21-22-29-26-14-6-9-20-36(26)46-42(29)40(28)45(35)38(27)34/h1-23H. The van der Waals surface area contributed by atoms with E-state index in [-0.39, 0.29) is 0 Å². The average molecular weight is 586 g/mol. The van der Waals surface area contributed by atoms with E-state index in [9.17, 15) is 0 Å². The largest absolute Gasteiger partial charge is 0.454 e. The summed E-state index contributed by atoms with van der Waals surface area (Å²) in [6.45, 7) is 0. The molecule has 4 heteroatoms. The molecule has 7 aromatic carbocycles. The lowest BCUT2D eigenvalue weighted by molar-refractivity contribution is 0.671. The van der Waals surface area contributed by atoms with Crippen LogP contribution in [0.4, 0.5) is 0 Å². The lowest BCUT2D eigenvalue weighted by Gasteiger charge is -2.13. The molecule has 212 valence electrons. The van der Waals surface area contributed by atoms with E-state index in [0.29, 0.717) is 0 Å². The Hall–Kier alpha value is -6.26. The lowest BCUT2D eigenvalue weighted by atomic mass is 10.1. The van der Waals surface area contributed by atoms with Gasteiger partial charge in [-0.15, -0.1) is 0 Å². The number of hydrogen-bond donors (Lipinski definition) is 0. The van der Waals surface area contributed by atoms with Crippen molar-refractivity contribution < 1.29 is 4.42 Å². The van der Waals surface area contributed by atoms with Gasteiger partial charge >= 0.3 is 0 Å². The minimum atomic E-state index is 0.916. The number of aromatic nitrogens is 3. The van der Waals surface area contributed by atoms with E-state index in [1.807, 2.05) is 0 Å². The Labute approximate surface area is 260 Å². The van der Waals surface area contributed by atoms with Crippen LogP contribution in [0.1, 0.15) is 0 Å². The van der Waals surface area contributed by atoms with Gasteiger partial charge in [0.1, 0.15) is 5.58 Å². The highest BCUT2D eigenvalue weighted by Gasteiger charge is 2.26. The fraction of sp³-hybridized carbons (Fsp3) is 0. The maximum atomic E-state index is 6.73. The van der Waals surface area contributed by atoms with E-state index < -0.39 is 0 Å². The van der Waals surface area contributed by atoms with Gasteiger partial charge in [0.25, 0.3) is 0 Å². The fourth-order valence-electron chi connectivity index (χ4n) is 8.58. The molecule has 0 unspecified atom stereocenters. The van der Waals surface area contributed by atoms with Crippen LogP contribution in [-0.4, -0.2) is 13.4 Å². The molecule has 0 aliphatic heterocycles. The summed E-state index contributed by atoms with van der Waals surface area (Å²) in [5.41, 5.74) is 12.6. The highest BCUT2D eigenvalue weighted by molar-refractivity contribution is 6.32. The van der Waals surface area contributed by atoms with Crippen LogP contribution in [0.2, 0.25) is 0 Å². The molecule has 0 saturated heterocycles. The third kappa shape index (κ3) is 2.54. The maximum absolute atomic E-state index is 6.73. The van der Waals surface area contributed by atoms with Crippen molar-refractivity contribution in [1.82, 2.24) is 13.4 Å². The normalized spacial score (nSPS) is 12.8. The Morgan fingerprint density at radius 2 is 1.04 bits per heavy atom. The summed E-state index contributed by atoms with van der Waals surface area (Å²) in [6, 6.07) is 50.6. The zero-order valence-electron chi connectivity index (χ0n) is 24.5. The van der Waals surface area contributed by atoms with Crippen molar-refractivity contribution in [3.8, 4) is 5.69 Å². The van der Waals surface area contributed by atoms with Gasteiger partial charge < -0.3 is 17.8 Å². The Bertz CT molecular complexity index is 3240. The molecule has 0 aliphatic rings. The van der Waals surface area contributed by atoms with Gasteiger partial charge in [-0.05, 0) is 48.5 Å². The molecule has 0 spiro atoms. The van der Waals surface area contributed by atoms with E-state index in [2.05, 4.69) is 153 Å². The van der Waals surface area contributed by atoms with Crippen LogP contribution >= 0.6 is 0 Å². The molecule has 5 aromatic heterocycles. The van der Waals surface area contributed by atoms with Gasteiger partial charge in [0, 0.05) is 48.8 Å². The number of fused-ring (bicyclic) bond motifs is 16. The quantitative estimate of drug-likeness (QED) is 0.176. The van der Waals surface area contributed by atoms with Crippen LogP contribution < -0.4 is 0 Å². The zero-order valence-corrected chi connectivity index (χ0v) is 24.5. The third-order valence-corrected chi connectivity index (χ3v) is 10.3. The summed E-state index contributed by atoms with van der Waals surface area (Å²) in [5, 5.41) is 9.75. The molecule has 0 bridgehead atoms. The van der Waals surface area contributed by atoms with Gasteiger partial charge in [-0.3, -0.25) is 0 Å². The third-order valence-electron chi connectivity index (χ3n) is 10.3. The number of rotatable bonds is 1. The number of para-hydroxylation sites is 5. The van der Waals surface area contributed by atoms with E-state index in [4.69, 9.17) is 4.42 Å². The van der Waals surface area contributed by atoms with E-state index in [1.54, 1.807) is 0 Å². The first-order chi connectivity index (χ1) is 22.9. The summed E-state index contributed by atoms with van der Waals surface area (Å²) < 4.78 is 14.2. The molecule has 46 heavy (non-hydrogen) atoms. The molecule has 0 fully saturated rings. The van der Waals surface area contributed by atoms with Gasteiger partial charge in [0.15, 0.2) is 5.58 Å². The van der Waals surface area contributed by atoms with E-state index >= 15 is 0 Å². The minimum absolute atomic E-state index is 0.916. The second kappa shape index (κ2) is 7.87. The smallest absolute Gasteiger partial charge is 0.160 e. The van der Waals surface area contributed by atoms with Gasteiger partial charge in [0.05, 0.1) is 44.1 Å². The van der Waals surface area contributed by atoms with Crippen LogP contribution in [0.25, 0.3) is 104 Å². The first kappa shape index (κ1) is 23.2. The molecule has 0 radical (unpaired) electrons. The van der Waals surface area contributed by atoms with Crippen LogP contribution in [0, 0.1) is 0 Å². The van der Waals surface area contributed by atoms with Crippen LogP contribution in [0.3, 0.4) is 0 Å². The second-order valence-electron chi connectivity index (χ2n) is 12.5. The number of nitrogens with zero attached hydrogens (tertiary/aromatic N) is 3. The first-order valence-electron chi connectivity index (χ1n) is 15.8. The second-order valence-corrected chi connectivity index (χ2v) is 12.5. The van der Waals surface area contributed by atoms with Gasteiger partial charge in [-0.2, -0.15) is 0 Å². The van der Waals surface area contributed by atoms with Gasteiger partial charge in [-0.1, -0.05) is 91.0 Å². The monoisotopic (exact) mass is 585 g/mol. The van der Waals surface area contributed by atoms with Crippen molar-refractivity contribution in [2.75, 3.05) is 0 Å². The molecule has 0 atom stereocenters. The van der Waals surface area contributed by atoms with Crippen molar-refractivity contribution in [2.45, 2.75) is 0 Å². The highest BCUT2D eigenvalue weighted by Crippen LogP contribution is 2.47. The topological polar surface area (TPSA) is 26.9 Å². The molecule has 12 aromatic rings. The Kier molecular flexibility index (Phi) is 3.96. The molecule has 0 amide bonds. The molecule has 0 saturated carbocycles. The molecular weight excluding hydrogens is 562 g/mol. The van der Waals surface area contributed by atoms with Crippen molar-refractivity contribution in [2.24, 2.45) is 0 Å². The van der Waals surface area contributed by atoms with E-state index in [0.717, 1.165) is 33.1 Å². The molecule has 4 nitrogen and oxygen atoms in total. The Morgan fingerprint density at radius 1 is 0.370 bits per heavy atom. The highest BCUT2D eigenvalue weighted by atomic mass is 16.3. The molecule has 0 N–H and O–H groups in total. The molecule has 12 rings (SSSR count). The number of benzene rings is 7. The van der Waals surface area contributed by atoms with Crippen molar-refractivity contribution in [3.63, 3.8) is 0 Å². The Morgan fingerprint density at radius 3 is 1.93 bits per heavy atom. The lowest BCUT2D eigenvalue weighted by Crippen LogP contribution is -1.98. The first-order valence-corrected chi connectivity index (χ1v) is 15.8. The van der Waals surface area contributed by atoms with E-state index in [1.165, 1.54) is 70.9 Å². The minimum Gasteiger partial charge on any atom is -0.454 e. The summed E-state index contributed by atoms with van der Waals surface area (Å²) in [7, 11) is 0. The van der Waals surface area contributed by atoms with Gasteiger partial charge in [-0.25, -0.2) is 0 Å². The average Bonchev–Trinajstić information content (AvgIpc) is 3.85. The van der Waals surface area contributed by atoms with Gasteiger partial charge in [0.2, 0.25) is 0 Å². The van der Waals surface area contributed by atoms with Crippen LogP contribution in [0.5, 0.6) is 0 Å². The predicted octanol–water partition coefficient (Wildman–Crippen LogP) is 11.2. The summed E-state index contributed by atoms with van der Waals surface area (Å²) in [6.07, 6.45) is 0. The maximum Gasteiger partial charge on any atom is 0.160 e. The summed E-state index contributed by atoms with van der Waals surface area (Å²) >= 11 is 0. The Balaban J connectivity index is 1.46. The predicted molar refractivity (Wildman–Crippen MR) is 191 cm³/mol. The SMILES string of the molecule is c1ccc(-n2c3ccccc3c3cc4c5c(c6ccccc6n5c5cccc6c7ccc8c9ccccc9oc8c7n4c65)c32)cc1. The van der Waals surface area contributed by atoms with Crippen molar-refractivity contribution in [1.29, 1.82) is 0 Å². The number of furan rings is 1. The molecule has 5 heterocycles. The summed E-state index contributed by atoms with van der Waals surface area (Å²) in [5.74, 6) is 0. The van der Waals surface area contributed by atoms with Crippen molar-refractivity contribution >= 4 is 98.4 Å². The van der Waals surface area contributed by atoms with Crippen molar-refractivity contribution in [3.05, 3.63) is 140 Å². The summed E-state index contributed by atoms with van der Waals surface area (Å²) in [4.78, 5) is 0. The molecule has 0 aliphatic carbocycles.